The highest BCUT2D eigenvalue weighted by Crippen LogP contribution is 2.19. The van der Waals surface area contributed by atoms with Crippen LogP contribution in [-0.4, -0.2) is 17.0 Å². The maximum absolute atomic E-state index is 12.2. The maximum Gasteiger partial charge on any atom is 0.271 e. The van der Waals surface area contributed by atoms with Gasteiger partial charge in [-0.15, -0.1) is 0 Å². The van der Waals surface area contributed by atoms with E-state index < -0.39 is 4.92 Å². The van der Waals surface area contributed by atoms with Crippen molar-refractivity contribution in [2.24, 2.45) is 5.10 Å². The molecule has 7 heteroatoms. The van der Waals surface area contributed by atoms with Crippen LogP contribution in [-0.2, 0) is 6.61 Å². The average molecular weight is 389 g/mol. The van der Waals surface area contributed by atoms with Gasteiger partial charge in [-0.3, -0.25) is 14.9 Å². The van der Waals surface area contributed by atoms with E-state index in [4.69, 9.17) is 4.74 Å². The summed E-state index contributed by atoms with van der Waals surface area (Å²) in [6, 6.07) is 20.7. The summed E-state index contributed by atoms with van der Waals surface area (Å²) >= 11 is 0. The maximum atomic E-state index is 12.2. The first kappa shape index (κ1) is 19.8. The highest BCUT2D eigenvalue weighted by molar-refractivity contribution is 5.96. The van der Waals surface area contributed by atoms with Crippen LogP contribution >= 0.6 is 0 Å². The van der Waals surface area contributed by atoms with E-state index in [1.165, 1.54) is 18.3 Å². The first-order valence-corrected chi connectivity index (χ1v) is 8.89. The van der Waals surface area contributed by atoms with Crippen molar-refractivity contribution in [3.05, 3.63) is 105 Å². The number of amides is 1. The summed E-state index contributed by atoms with van der Waals surface area (Å²) in [5, 5.41) is 14.7. The summed E-state index contributed by atoms with van der Waals surface area (Å²) in [6.07, 6.45) is 1.52. The van der Waals surface area contributed by atoms with Crippen LogP contribution in [0.1, 0.15) is 27.0 Å². The molecule has 1 N–H and O–H groups in total. The molecule has 146 valence electrons. The number of nitrogens with one attached hydrogen (secondary N) is 1. The fourth-order valence-corrected chi connectivity index (χ4v) is 2.64. The molecule has 0 spiro atoms. The number of para-hydroxylation sites is 1. The van der Waals surface area contributed by atoms with Gasteiger partial charge in [-0.1, -0.05) is 30.3 Å². The summed E-state index contributed by atoms with van der Waals surface area (Å²) in [5.41, 5.74) is 5.48. The Labute approximate surface area is 167 Å². The molecule has 0 fully saturated rings. The molecule has 0 bridgehead atoms. The molecule has 0 heterocycles. The fraction of sp³-hybridized carbons (Fsp3) is 0.0909. The predicted molar refractivity (Wildman–Crippen MR) is 110 cm³/mol. The molecule has 1 amide bonds. The second kappa shape index (κ2) is 9.27. The second-order valence-electron chi connectivity index (χ2n) is 6.26. The largest absolute Gasteiger partial charge is 0.488 e. The van der Waals surface area contributed by atoms with Crippen LogP contribution in [0.2, 0.25) is 0 Å². The minimum Gasteiger partial charge on any atom is -0.488 e. The number of carbonyl (C=O) groups excluding carboxylic acids is 1. The molecule has 0 saturated heterocycles. The van der Waals surface area contributed by atoms with E-state index in [-0.39, 0.29) is 18.2 Å². The van der Waals surface area contributed by atoms with E-state index in [2.05, 4.69) is 10.5 Å². The summed E-state index contributed by atoms with van der Waals surface area (Å²) in [4.78, 5) is 22.5. The first-order valence-electron chi connectivity index (χ1n) is 8.89. The molecule has 7 nitrogen and oxygen atoms in total. The van der Waals surface area contributed by atoms with E-state index in [9.17, 15) is 14.9 Å². The van der Waals surface area contributed by atoms with Crippen LogP contribution in [0.25, 0.3) is 0 Å². The molecule has 0 atom stereocenters. The lowest BCUT2D eigenvalue weighted by molar-refractivity contribution is -0.384. The number of nitro groups is 1. The van der Waals surface area contributed by atoms with Crippen LogP contribution in [0.15, 0.2) is 77.9 Å². The molecule has 0 saturated carbocycles. The third-order valence-electron chi connectivity index (χ3n) is 4.22. The van der Waals surface area contributed by atoms with Crippen LogP contribution in [0.4, 0.5) is 5.69 Å². The Balaban J connectivity index is 1.64. The number of nitro benzene ring substituents is 1. The molecule has 3 rings (SSSR count). The SMILES string of the molecule is Cc1ccccc1C(=O)N/N=C\c1ccccc1OCc1ccc([N+](=O)[O-])cc1. The minimum absolute atomic E-state index is 0.0330. The molecule has 29 heavy (non-hydrogen) atoms. The molecule has 0 aliphatic carbocycles. The van der Waals surface area contributed by atoms with Gasteiger partial charge in [0.05, 0.1) is 11.1 Å². The van der Waals surface area contributed by atoms with Gasteiger partial charge >= 0.3 is 0 Å². The third kappa shape index (κ3) is 5.26. The molecular weight excluding hydrogens is 370 g/mol. The minimum atomic E-state index is -0.443. The molecule has 0 aromatic heterocycles. The van der Waals surface area contributed by atoms with Gasteiger partial charge in [0.25, 0.3) is 11.6 Å². The van der Waals surface area contributed by atoms with Gasteiger partial charge in [0.1, 0.15) is 12.4 Å². The number of non-ortho nitro benzene ring substituents is 1. The monoisotopic (exact) mass is 389 g/mol. The Bertz CT molecular complexity index is 1050. The normalized spacial score (nSPS) is 10.7. The summed E-state index contributed by atoms with van der Waals surface area (Å²) in [6.45, 7) is 2.11. The number of hydrazone groups is 1. The standard InChI is InChI=1S/C22H19N3O4/c1-16-6-2-4-8-20(16)22(26)24-23-14-18-7-3-5-9-21(18)29-15-17-10-12-19(13-11-17)25(27)28/h2-14H,15H2,1H3,(H,24,26)/b23-14-. The number of hydrogen-bond donors (Lipinski definition) is 1. The van der Waals surface area contributed by atoms with Gasteiger partial charge in [0.15, 0.2) is 0 Å². The number of aryl methyl sites for hydroxylation is 1. The Morgan fingerprint density at radius 3 is 2.48 bits per heavy atom. The van der Waals surface area contributed by atoms with Crippen molar-refractivity contribution in [3.8, 4) is 5.75 Å². The Kier molecular flexibility index (Phi) is 6.32. The number of carbonyl (C=O) groups is 1. The van der Waals surface area contributed by atoms with Gasteiger partial charge in [0.2, 0.25) is 0 Å². The van der Waals surface area contributed by atoms with E-state index in [0.29, 0.717) is 16.9 Å². The molecule has 0 aliphatic rings. The third-order valence-corrected chi connectivity index (χ3v) is 4.22. The number of ether oxygens (including phenoxy) is 1. The molecule has 0 radical (unpaired) electrons. The van der Waals surface area contributed by atoms with Crippen molar-refractivity contribution in [1.29, 1.82) is 0 Å². The zero-order valence-corrected chi connectivity index (χ0v) is 15.7. The van der Waals surface area contributed by atoms with Gasteiger partial charge in [0, 0.05) is 23.3 Å². The van der Waals surface area contributed by atoms with Crippen LogP contribution in [0.5, 0.6) is 5.75 Å². The highest BCUT2D eigenvalue weighted by atomic mass is 16.6. The first-order chi connectivity index (χ1) is 14.0. The van der Waals surface area contributed by atoms with E-state index >= 15 is 0 Å². The molecule has 3 aromatic carbocycles. The van der Waals surface area contributed by atoms with Crippen LogP contribution < -0.4 is 10.2 Å². The summed E-state index contributed by atoms with van der Waals surface area (Å²) in [7, 11) is 0. The smallest absolute Gasteiger partial charge is 0.271 e. The lowest BCUT2D eigenvalue weighted by Crippen LogP contribution is -2.18. The van der Waals surface area contributed by atoms with Crippen molar-refractivity contribution in [1.82, 2.24) is 5.43 Å². The van der Waals surface area contributed by atoms with E-state index in [1.54, 1.807) is 30.3 Å². The summed E-state index contributed by atoms with van der Waals surface area (Å²) in [5.74, 6) is 0.295. The van der Waals surface area contributed by atoms with Crippen LogP contribution in [0.3, 0.4) is 0 Å². The highest BCUT2D eigenvalue weighted by Gasteiger charge is 2.08. The zero-order valence-electron chi connectivity index (χ0n) is 15.7. The lowest BCUT2D eigenvalue weighted by Gasteiger charge is -2.09. The van der Waals surface area contributed by atoms with Crippen molar-refractivity contribution in [2.75, 3.05) is 0 Å². The quantitative estimate of drug-likeness (QED) is 0.371. The Morgan fingerprint density at radius 1 is 1.07 bits per heavy atom. The molecule has 0 unspecified atom stereocenters. The van der Waals surface area contributed by atoms with Crippen molar-refractivity contribution in [2.45, 2.75) is 13.5 Å². The number of nitrogens with zero attached hydrogens (tertiary/aromatic N) is 2. The fourth-order valence-electron chi connectivity index (χ4n) is 2.64. The predicted octanol–water partition coefficient (Wildman–Crippen LogP) is 4.25. The summed E-state index contributed by atoms with van der Waals surface area (Å²) < 4.78 is 5.81. The molecule has 3 aromatic rings. The van der Waals surface area contributed by atoms with Crippen molar-refractivity contribution >= 4 is 17.8 Å². The van der Waals surface area contributed by atoms with Gasteiger partial charge in [-0.05, 0) is 48.4 Å². The second-order valence-corrected chi connectivity index (χ2v) is 6.26. The topological polar surface area (TPSA) is 93.8 Å². The van der Waals surface area contributed by atoms with E-state index in [1.807, 2.05) is 37.3 Å². The Morgan fingerprint density at radius 2 is 1.76 bits per heavy atom. The average Bonchev–Trinajstić information content (AvgIpc) is 2.73. The molecular formula is C22H19N3O4. The Hall–Kier alpha value is -4.00. The van der Waals surface area contributed by atoms with Gasteiger partial charge in [-0.25, -0.2) is 5.43 Å². The van der Waals surface area contributed by atoms with Crippen LogP contribution in [0, 0.1) is 17.0 Å². The van der Waals surface area contributed by atoms with Crippen molar-refractivity contribution in [3.63, 3.8) is 0 Å². The zero-order chi connectivity index (χ0) is 20.6. The van der Waals surface area contributed by atoms with E-state index in [0.717, 1.165) is 11.1 Å². The van der Waals surface area contributed by atoms with Gasteiger partial charge < -0.3 is 4.74 Å². The lowest BCUT2D eigenvalue weighted by atomic mass is 10.1. The molecule has 0 aliphatic heterocycles. The number of hydrogen-bond acceptors (Lipinski definition) is 5. The van der Waals surface area contributed by atoms with Gasteiger partial charge in [-0.2, -0.15) is 5.10 Å². The van der Waals surface area contributed by atoms with Crippen molar-refractivity contribution < 1.29 is 14.5 Å². The number of rotatable bonds is 7. The number of benzene rings is 3.